The molecular weight excluding hydrogens is 422 g/mol. The fraction of sp³-hybridized carbons (Fsp3) is 0.333. The fourth-order valence-corrected chi connectivity index (χ4v) is 4.62. The molecule has 2 N–H and O–H groups in total. The lowest BCUT2D eigenvalue weighted by molar-refractivity contribution is -0.114. The van der Waals surface area contributed by atoms with Gasteiger partial charge in [-0.1, -0.05) is 6.07 Å². The highest BCUT2D eigenvalue weighted by Crippen LogP contribution is 2.28. The summed E-state index contributed by atoms with van der Waals surface area (Å²) < 4.78 is 37.7. The summed E-state index contributed by atoms with van der Waals surface area (Å²) in [5.41, 5.74) is 1.56. The van der Waals surface area contributed by atoms with Crippen LogP contribution in [-0.2, 0) is 19.6 Å². The predicted molar refractivity (Wildman–Crippen MR) is 116 cm³/mol. The molecule has 1 aliphatic heterocycles. The molecule has 0 spiro atoms. The maximum atomic E-state index is 13.0. The molecule has 166 valence electrons. The Labute approximate surface area is 181 Å². The van der Waals surface area contributed by atoms with Crippen molar-refractivity contribution in [1.29, 1.82) is 0 Å². The molecule has 0 aromatic heterocycles. The summed E-state index contributed by atoms with van der Waals surface area (Å²) in [6.45, 7) is 4.28. The van der Waals surface area contributed by atoms with Crippen LogP contribution in [0.1, 0.15) is 22.8 Å². The average molecular weight is 448 g/mol. The van der Waals surface area contributed by atoms with E-state index in [1.807, 2.05) is 0 Å². The smallest absolute Gasteiger partial charge is 0.256 e. The molecule has 0 unspecified atom stereocenters. The molecule has 0 aliphatic carbocycles. The van der Waals surface area contributed by atoms with Crippen molar-refractivity contribution >= 4 is 33.2 Å². The van der Waals surface area contributed by atoms with Gasteiger partial charge in [-0.3, -0.25) is 9.59 Å². The Morgan fingerprint density at radius 3 is 2.39 bits per heavy atom. The third kappa shape index (κ3) is 5.22. The van der Waals surface area contributed by atoms with Gasteiger partial charge in [-0.25, -0.2) is 8.42 Å². The van der Waals surface area contributed by atoms with E-state index in [2.05, 4.69) is 10.6 Å². The largest absolute Gasteiger partial charge is 0.497 e. The van der Waals surface area contributed by atoms with Crippen molar-refractivity contribution in [2.45, 2.75) is 18.7 Å². The van der Waals surface area contributed by atoms with Crippen LogP contribution >= 0.6 is 0 Å². The lowest BCUT2D eigenvalue weighted by atomic mass is 10.1. The van der Waals surface area contributed by atoms with Crippen LogP contribution in [-0.4, -0.2) is 58.0 Å². The van der Waals surface area contributed by atoms with E-state index in [0.717, 1.165) is 0 Å². The molecule has 1 saturated heterocycles. The lowest BCUT2D eigenvalue weighted by Crippen LogP contribution is -2.40. The summed E-state index contributed by atoms with van der Waals surface area (Å²) in [5.74, 6) is -0.309. The summed E-state index contributed by atoms with van der Waals surface area (Å²) in [4.78, 5) is 24.6. The zero-order chi connectivity index (χ0) is 22.6. The Hall–Kier alpha value is -2.95. The number of aryl methyl sites for hydroxylation is 1. The second-order valence-corrected chi connectivity index (χ2v) is 8.98. The number of rotatable bonds is 6. The van der Waals surface area contributed by atoms with Crippen molar-refractivity contribution in [2.24, 2.45) is 0 Å². The number of hydrogen-bond acceptors (Lipinski definition) is 6. The monoisotopic (exact) mass is 447 g/mol. The van der Waals surface area contributed by atoms with Crippen LogP contribution in [0, 0.1) is 6.92 Å². The highest BCUT2D eigenvalue weighted by Gasteiger charge is 2.27. The standard InChI is InChI=1S/C21H25N3O6S/c1-14-4-6-17(31(27,28)24-8-10-30-11-9-24)13-18(14)21(26)23-20-12-16(29-3)5-7-19(20)22-15(2)25/h4-7,12-13H,8-11H2,1-3H3,(H,22,25)(H,23,26). The van der Waals surface area contributed by atoms with E-state index in [4.69, 9.17) is 9.47 Å². The molecule has 3 rings (SSSR count). The van der Waals surface area contributed by atoms with Gasteiger partial charge in [0.15, 0.2) is 0 Å². The second kappa shape index (κ2) is 9.46. The van der Waals surface area contributed by atoms with Crippen molar-refractivity contribution < 1.29 is 27.5 Å². The van der Waals surface area contributed by atoms with E-state index < -0.39 is 15.9 Å². The van der Waals surface area contributed by atoms with E-state index in [1.165, 1.54) is 30.5 Å². The van der Waals surface area contributed by atoms with E-state index in [1.54, 1.807) is 31.2 Å². The van der Waals surface area contributed by atoms with Crippen LogP contribution in [0.5, 0.6) is 5.75 Å². The SMILES string of the molecule is COc1ccc(NC(C)=O)c(NC(=O)c2cc(S(=O)(=O)N3CCOCC3)ccc2C)c1. The second-order valence-electron chi connectivity index (χ2n) is 7.04. The molecule has 1 heterocycles. The van der Waals surface area contributed by atoms with Gasteiger partial charge >= 0.3 is 0 Å². The fourth-order valence-electron chi connectivity index (χ4n) is 3.18. The number of morpholine rings is 1. The van der Waals surface area contributed by atoms with Crippen molar-refractivity contribution in [1.82, 2.24) is 4.31 Å². The number of ether oxygens (including phenoxy) is 2. The van der Waals surface area contributed by atoms with Gasteiger partial charge in [0, 0.05) is 31.6 Å². The van der Waals surface area contributed by atoms with E-state index >= 15 is 0 Å². The van der Waals surface area contributed by atoms with Gasteiger partial charge in [0.2, 0.25) is 15.9 Å². The van der Waals surface area contributed by atoms with Crippen LogP contribution in [0.2, 0.25) is 0 Å². The molecule has 2 aromatic carbocycles. The summed E-state index contributed by atoms with van der Waals surface area (Å²) in [7, 11) is -2.26. The van der Waals surface area contributed by atoms with Crippen LogP contribution < -0.4 is 15.4 Å². The van der Waals surface area contributed by atoms with Crippen molar-refractivity contribution in [3.63, 3.8) is 0 Å². The third-order valence-corrected chi connectivity index (χ3v) is 6.74. The molecule has 10 heteroatoms. The number of nitrogens with one attached hydrogen (secondary N) is 2. The number of methoxy groups -OCH3 is 1. The maximum absolute atomic E-state index is 13.0. The van der Waals surface area contributed by atoms with Crippen LogP contribution in [0.4, 0.5) is 11.4 Å². The first kappa shape index (κ1) is 22.7. The summed E-state index contributed by atoms with van der Waals surface area (Å²) in [6, 6.07) is 9.30. The summed E-state index contributed by atoms with van der Waals surface area (Å²) in [6.07, 6.45) is 0. The molecular formula is C21H25N3O6S. The minimum atomic E-state index is -3.75. The van der Waals surface area contributed by atoms with Gasteiger partial charge in [-0.05, 0) is 36.8 Å². The Morgan fingerprint density at radius 1 is 1.03 bits per heavy atom. The number of amides is 2. The molecule has 31 heavy (non-hydrogen) atoms. The number of carbonyl (C=O) groups excluding carboxylic acids is 2. The molecule has 0 saturated carbocycles. The first-order chi connectivity index (χ1) is 14.7. The molecule has 1 aliphatic rings. The molecule has 2 amide bonds. The molecule has 0 bridgehead atoms. The maximum Gasteiger partial charge on any atom is 0.256 e. The number of nitrogens with zero attached hydrogens (tertiary/aromatic N) is 1. The minimum Gasteiger partial charge on any atom is -0.497 e. The van der Waals surface area contributed by atoms with Crippen LogP contribution in [0.15, 0.2) is 41.3 Å². The number of sulfonamides is 1. The Morgan fingerprint density at radius 2 is 1.74 bits per heavy atom. The van der Waals surface area contributed by atoms with Crippen molar-refractivity contribution in [3.05, 3.63) is 47.5 Å². The van der Waals surface area contributed by atoms with Gasteiger partial charge in [0.25, 0.3) is 5.91 Å². The van der Waals surface area contributed by atoms with Gasteiger partial charge < -0.3 is 20.1 Å². The normalized spacial score (nSPS) is 14.7. The van der Waals surface area contributed by atoms with Crippen LogP contribution in [0.25, 0.3) is 0 Å². The highest BCUT2D eigenvalue weighted by molar-refractivity contribution is 7.89. The zero-order valence-electron chi connectivity index (χ0n) is 17.6. The van der Waals surface area contributed by atoms with E-state index in [9.17, 15) is 18.0 Å². The first-order valence-corrected chi connectivity index (χ1v) is 11.1. The van der Waals surface area contributed by atoms with Crippen molar-refractivity contribution in [3.8, 4) is 5.75 Å². The minimum absolute atomic E-state index is 0.0397. The summed E-state index contributed by atoms with van der Waals surface area (Å²) in [5, 5.41) is 5.40. The number of benzene rings is 2. The van der Waals surface area contributed by atoms with Crippen LogP contribution in [0.3, 0.4) is 0 Å². The highest BCUT2D eigenvalue weighted by atomic mass is 32.2. The molecule has 0 radical (unpaired) electrons. The van der Waals surface area contributed by atoms with E-state index in [0.29, 0.717) is 35.9 Å². The molecule has 9 nitrogen and oxygen atoms in total. The van der Waals surface area contributed by atoms with Gasteiger partial charge in [-0.15, -0.1) is 0 Å². The molecule has 0 atom stereocenters. The lowest BCUT2D eigenvalue weighted by Gasteiger charge is -2.26. The summed E-state index contributed by atoms with van der Waals surface area (Å²) >= 11 is 0. The van der Waals surface area contributed by atoms with Gasteiger partial charge in [0.1, 0.15) is 5.75 Å². The topological polar surface area (TPSA) is 114 Å². The Bertz CT molecular complexity index is 1090. The predicted octanol–water partition coefficient (Wildman–Crippen LogP) is 2.24. The number of hydrogen-bond donors (Lipinski definition) is 2. The quantitative estimate of drug-likeness (QED) is 0.702. The molecule has 1 fully saturated rings. The van der Waals surface area contributed by atoms with Crippen molar-refractivity contribution in [2.75, 3.05) is 44.0 Å². The zero-order valence-corrected chi connectivity index (χ0v) is 18.4. The number of carbonyl (C=O) groups is 2. The number of anilines is 2. The molecule has 2 aromatic rings. The Balaban J connectivity index is 1.92. The first-order valence-electron chi connectivity index (χ1n) is 9.68. The van der Waals surface area contributed by atoms with Gasteiger partial charge in [-0.2, -0.15) is 4.31 Å². The average Bonchev–Trinajstić information content (AvgIpc) is 2.75. The Kier molecular flexibility index (Phi) is 6.94. The van der Waals surface area contributed by atoms with Gasteiger partial charge in [0.05, 0.1) is 36.6 Å². The third-order valence-electron chi connectivity index (χ3n) is 4.85. The van der Waals surface area contributed by atoms with E-state index in [-0.39, 0.29) is 29.5 Å².